The molecule has 0 bridgehead atoms. The summed E-state index contributed by atoms with van der Waals surface area (Å²) in [6, 6.07) is 0. The molecular weight excluding hydrogens is 176 g/mol. The van der Waals surface area contributed by atoms with Crippen LogP contribution in [0.3, 0.4) is 0 Å². The maximum Gasteiger partial charge on any atom is 0.310 e. The average Bonchev–Trinajstić information content (AvgIpc) is 2.52. The zero-order chi connectivity index (χ0) is 9.68. The molecule has 0 aliphatic carbocycles. The van der Waals surface area contributed by atoms with Crippen molar-refractivity contribution in [2.75, 3.05) is 19.8 Å². The summed E-state index contributed by atoms with van der Waals surface area (Å²) in [6.07, 6.45) is -0.778. The standard InChI is InChI=1S/C8H14O5/c1-2-11-7(10)3-8-12-5-6(4-9)13-8/h6,8-9H,2-5H2,1H3. The van der Waals surface area contributed by atoms with E-state index in [0.717, 1.165) is 0 Å². The number of aliphatic hydroxyl groups excluding tert-OH is 1. The first-order valence-electron chi connectivity index (χ1n) is 4.29. The van der Waals surface area contributed by atoms with Crippen molar-refractivity contribution in [3.8, 4) is 0 Å². The third kappa shape index (κ3) is 3.30. The van der Waals surface area contributed by atoms with Gasteiger partial charge in [-0.2, -0.15) is 0 Å². The summed E-state index contributed by atoms with van der Waals surface area (Å²) in [7, 11) is 0. The van der Waals surface area contributed by atoms with Gasteiger partial charge in [0.2, 0.25) is 0 Å². The highest BCUT2D eigenvalue weighted by Crippen LogP contribution is 2.14. The van der Waals surface area contributed by atoms with E-state index in [1.807, 2.05) is 0 Å². The second kappa shape index (κ2) is 5.16. The van der Waals surface area contributed by atoms with Crippen LogP contribution in [-0.4, -0.2) is 43.3 Å². The summed E-state index contributed by atoms with van der Waals surface area (Å²) in [5, 5.41) is 8.70. The van der Waals surface area contributed by atoms with Crippen LogP contribution in [0, 0.1) is 0 Å². The minimum absolute atomic E-state index is 0.0840. The number of ether oxygens (including phenoxy) is 3. The van der Waals surface area contributed by atoms with Crippen LogP contribution < -0.4 is 0 Å². The Kier molecular flexibility index (Phi) is 4.14. The SMILES string of the molecule is CCOC(=O)CC1OCC(CO)O1. The Bertz CT molecular complexity index is 170. The van der Waals surface area contributed by atoms with Crippen molar-refractivity contribution in [1.82, 2.24) is 0 Å². The van der Waals surface area contributed by atoms with Crippen molar-refractivity contribution in [2.45, 2.75) is 25.7 Å². The molecule has 0 spiro atoms. The van der Waals surface area contributed by atoms with Crippen LogP contribution >= 0.6 is 0 Å². The molecule has 5 heteroatoms. The van der Waals surface area contributed by atoms with Crippen LogP contribution in [0.5, 0.6) is 0 Å². The molecule has 76 valence electrons. The molecule has 1 rings (SSSR count). The highest BCUT2D eigenvalue weighted by Gasteiger charge is 2.27. The van der Waals surface area contributed by atoms with Gasteiger partial charge in [-0.3, -0.25) is 4.79 Å². The Morgan fingerprint density at radius 3 is 3.00 bits per heavy atom. The number of carbonyl (C=O) groups excluding carboxylic acids is 1. The van der Waals surface area contributed by atoms with Gasteiger partial charge in [0.15, 0.2) is 6.29 Å². The Labute approximate surface area is 76.6 Å². The van der Waals surface area contributed by atoms with E-state index in [1.54, 1.807) is 6.92 Å². The van der Waals surface area contributed by atoms with Gasteiger partial charge in [-0.25, -0.2) is 0 Å². The Hall–Kier alpha value is -0.650. The fourth-order valence-corrected chi connectivity index (χ4v) is 1.07. The summed E-state index contributed by atoms with van der Waals surface area (Å²) in [4.78, 5) is 10.9. The second-order valence-electron chi connectivity index (χ2n) is 2.71. The maximum atomic E-state index is 10.9. The normalized spacial score (nSPS) is 27.5. The summed E-state index contributed by atoms with van der Waals surface area (Å²) in [6.45, 7) is 2.35. The van der Waals surface area contributed by atoms with E-state index in [0.29, 0.717) is 13.2 Å². The van der Waals surface area contributed by atoms with Gasteiger partial charge in [-0.05, 0) is 6.92 Å². The molecule has 0 aromatic heterocycles. The molecule has 5 nitrogen and oxygen atoms in total. The fourth-order valence-electron chi connectivity index (χ4n) is 1.07. The molecule has 1 aliphatic heterocycles. The van der Waals surface area contributed by atoms with Gasteiger partial charge in [0.25, 0.3) is 0 Å². The van der Waals surface area contributed by atoms with E-state index in [9.17, 15) is 4.79 Å². The molecule has 1 N–H and O–H groups in total. The topological polar surface area (TPSA) is 65.0 Å². The lowest BCUT2D eigenvalue weighted by molar-refractivity contribution is -0.153. The first-order valence-corrected chi connectivity index (χ1v) is 4.29. The first kappa shape index (κ1) is 10.4. The van der Waals surface area contributed by atoms with Crippen molar-refractivity contribution in [3.63, 3.8) is 0 Å². The number of hydrogen-bond acceptors (Lipinski definition) is 5. The zero-order valence-corrected chi connectivity index (χ0v) is 7.56. The van der Waals surface area contributed by atoms with E-state index in [1.165, 1.54) is 0 Å². The minimum atomic E-state index is -0.559. The number of carbonyl (C=O) groups is 1. The van der Waals surface area contributed by atoms with Crippen molar-refractivity contribution < 1.29 is 24.1 Å². The summed E-state index contributed by atoms with van der Waals surface area (Å²) in [5.74, 6) is -0.342. The smallest absolute Gasteiger partial charge is 0.310 e. The zero-order valence-electron chi connectivity index (χ0n) is 7.56. The summed E-state index contributed by atoms with van der Waals surface area (Å²) >= 11 is 0. The molecule has 1 aliphatic rings. The monoisotopic (exact) mass is 190 g/mol. The summed E-state index contributed by atoms with van der Waals surface area (Å²) < 4.78 is 15.0. The molecular formula is C8H14O5. The summed E-state index contributed by atoms with van der Waals surface area (Å²) in [5.41, 5.74) is 0. The van der Waals surface area contributed by atoms with Crippen LogP contribution in [0.2, 0.25) is 0 Å². The third-order valence-electron chi connectivity index (χ3n) is 1.65. The van der Waals surface area contributed by atoms with Crippen LogP contribution in [0.25, 0.3) is 0 Å². The van der Waals surface area contributed by atoms with Gasteiger partial charge in [0, 0.05) is 0 Å². The van der Waals surface area contributed by atoms with Gasteiger partial charge in [0.1, 0.15) is 6.10 Å². The molecule has 1 heterocycles. The molecule has 1 fully saturated rings. The Morgan fingerprint density at radius 2 is 2.46 bits per heavy atom. The minimum Gasteiger partial charge on any atom is -0.466 e. The first-order chi connectivity index (χ1) is 6.26. The second-order valence-corrected chi connectivity index (χ2v) is 2.71. The molecule has 0 amide bonds. The van der Waals surface area contributed by atoms with Crippen molar-refractivity contribution >= 4 is 5.97 Å². The molecule has 0 saturated carbocycles. The third-order valence-corrected chi connectivity index (χ3v) is 1.65. The van der Waals surface area contributed by atoms with Crippen LogP contribution in [0.1, 0.15) is 13.3 Å². The molecule has 0 aromatic rings. The van der Waals surface area contributed by atoms with Gasteiger partial charge < -0.3 is 19.3 Å². The van der Waals surface area contributed by atoms with Crippen molar-refractivity contribution in [2.24, 2.45) is 0 Å². The van der Waals surface area contributed by atoms with Gasteiger partial charge in [-0.1, -0.05) is 0 Å². The fraction of sp³-hybridized carbons (Fsp3) is 0.875. The predicted octanol–water partition coefficient (Wildman–Crippen LogP) is -0.327. The predicted molar refractivity (Wildman–Crippen MR) is 42.9 cm³/mol. The lowest BCUT2D eigenvalue weighted by atomic mass is 10.4. The number of esters is 1. The largest absolute Gasteiger partial charge is 0.466 e. The average molecular weight is 190 g/mol. The van der Waals surface area contributed by atoms with E-state index in [2.05, 4.69) is 0 Å². The number of aliphatic hydroxyl groups is 1. The van der Waals surface area contributed by atoms with Crippen molar-refractivity contribution in [1.29, 1.82) is 0 Å². The molecule has 2 atom stereocenters. The molecule has 0 aromatic carbocycles. The quantitative estimate of drug-likeness (QED) is 0.615. The van der Waals surface area contributed by atoms with Crippen LogP contribution in [0.15, 0.2) is 0 Å². The van der Waals surface area contributed by atoms with Gasteiger partial charge in [0.05, 0.1) is 26.2 Å². The lowest BCUT2D eigenvalue weighted by Gasteiger charge is -2.08. The van der Waals surface area contributed by atoms with Crippen LogP contribution in [-0.2, 0) is 19.0 Å². The number of rotatable bonds is 4. The van der Waals surface area contributed by atoms with Crippen LogP contribution in [0.4, 0.5) is 0 Å². The molecule has 13 heavy (non-hydrogen) atoms. The maximum absolute atomic E-state index is 10.9. The highest BCUT2D eigenvalue weighted by molar-refractivity contribution is 5.69. The van der Waals surface area contributed by atoms with Crippen molar-refractivity contribution in [3.05, 3.63) is 0 Å². The highest BCUT2D eigenvalue weighted by atomic mass is 16.7. The van der Waals surface area contributed by atoms with E-state index >= 15 is 0 Å². The lowest BCUT2D eigenvalue weighted by Crippen LogP contribution is -2.19. The van der Waals surface area contributed by atoms with E-state index in [4.69, 9.17) is 19.3 Å². The van der Waals surface area contributed by atoms with E-state index in [-0.39, 0.29) is 25.1 Å². The molecule has 1 saturated heterocycles. The Balaban J connectivity index is 2.19. The number of hydrogen-bond donors (Lipinski definition) is 1. The van der Waals surface area contributed by atoms with Gasteiger partial charge >= 0.3 is 5.97 Å². The Morgan fingerprint density at radius 1 is 1.69 bits per heavy atom. The molecule has 0 radical (unpaired) electrons. The van der Waals surface area contributed by atoms with Gasteiger partial charge in [-0.15, -0.1) is 0 Å². The molecule has 2 unspecified atom stereocenters. The van der Waals surface area contributed by atoms with E-state index < -0.39 is 6.29 Å².